The van der Waals surface area contributed by atoms with E-state index < -0.39 is 0 Å². The highest BCUT2D eigenvalue weighted by Crippen LogP contribution is 2.44. The van der Waals surface area contributed by atoms with Crippen molar-refractivity contribution in [3.8, 4) is 0 Å². The molecule has 14 heavy (non-hydrogen) atoms. The van der Waals surface area contributed by atoms with Gasteiger partial charge in [0, 0.05) is 6.04 Å². The van der Waals surface area contributed by atoms with E-state index in [-0.39, 0.29) is 0 Å². The highest BCUT2D eigenvalue weighted by molar-refractivity contribution is 4.96. The van der Waals surface area contributed by atoms with Crippen molar-refractivity contribution in [2.24, 2.45) is 17.8 Å². The second kappa shape index (κ2) is 3.84. The molecule has 0 saturated heterocycles. The van der Waals surface area contributed by atoms with Gasteiger partial charge in [0.15, 0.2) is 0 Å². The first-order valence-corrected chi connectivity index (χ1v) is 6.67. The lowest BCUT2D eigenvalue weighted by atomic mass is 10.1. The third kappa shape index (κ3) is 2.50. The molecule has 80 valence electrons. The summed E-state index contributed by atoms with van der Waals surface area (Å²) in [5.41, 5.74) is 0. The molecule has 1 N–H and O–H groups in total. The summed E-state index contributed by atoms with van der Waals surface area (Å²) < 4.78 is 0. The van der Waals surface area contributed by atoms with Crippen LogP contribution >= 0.6 is 0 Å². The van der Waals surface area contributed by atoms with Crippen molar-refractivity contribution in [1.82, 2.24) is 5.32 Å². The molecule has 0 bridgehead atoms. The molecule has 1 nitrogen and oxygen atoms in total. The van der Waals surface area contributed by atoms with E-state index in [0.29, 0.717) is 0 Å². The molecule has 3 rings (SSSR count). The Morgan fingerprint density at radius 3 is 2.07 bits per heavy atom. The van der Waals surface area contributed by atoms with Gasteiger partial charge < -0.3 is 5.32 Å². The minimum atomic E-state index is 0.925. The molecule has 0 atom stereocenters. The molecule has 3 aliphatic carbocycles. The van der Waals surface area contributed by atoms with Gasteiger partial charge in [-0.25, -0.2) is 0 Å². The molecular weight excluding hydrogens is 170 g/mol. The van der Waals surface area contributed by atoms with Crippen LogP contribution in [-0.4, -0.2) is 12.6 Å². The van der Waals surface area contributed by atoms with Crippen molar-refractivity contribution < 1.29 is 0 Å². The molecule has 0 unspecified atom stereocenters. The van der Waals surface area contributed by atoms with Gasteiger partial charge in [-0.05, 0) is 62.8 Å². The van der Waals surface area contributed by atoms with Gasteiger partial charge in [0.05, 0.1) is 0 Å². The molecular formula is C13H23N. The van der Waals surface area contributed by atoms with Crippen LogP contribution in [0, 0.1) is 17.8 Å². The third-order valence-electron chi connectivity index (χ3n) is 4.13. The first-order valence-electron chi connectivity index (χ1n) is 6.67. The smallest absolute Gasteiger partial charge is 0.0124 e. The van der Waals surface area contributed by atoms with Crippen LogP contribution < -0.4 is 5.32 Å². The minimum Gasteiger partial charge on any atom is -0.313 e. The van der Waals surface area contributed by atoms with Crippen molar-refractivity contribution in [3.63, 3.8) is 0 Å². The van der Waals surface area contributed by atoms with Gasteiger partial charge in [-0.15, -0.1) is 0 Å². The highest BCUT2D eigenvalue weighted by atomic mass is 14.9. The normalized spacial score (nSPS) is 27.2. The topological polar surface area (TPSA) is 12.0 Å². The molecule has 0 aromatic heterocycles. The van der Waals surface area contributed by atoms with Crippen molar-refractivity contribution in [2.75, 3.05) is 6.54 Å². The Morgan fingerprint density at radius 1 is 0.929 bits per heavy atom. The predicted molar refractivity (Wildman–Crippen MR) is 59.2 cm³/mol. The summed E-state index contributed by atoms with van der Waals surface area (Å²) in [7, 11) is 0. The second-order valence-electron chi connectivity index (χ2n) is 5.74. The maximum absolute atomic E-state index is 3.83. The Labute approximate surface area is 87.7 Å². The maximum atomic E-state index is 3.83. The summed E-state index contributed by atoms with van der Waals surface area (Å²) >= 11 is 0. The van der Waals surface area contributed by atoms with Crippen molar-refractivity contribution in [3.05, 3.63) is 0 Å². The zero-order valence-electron chi connectivity index (χ0n) is 9.17. The second-order valence-corrected chi connectivity index (χ2v) is 5.74. The molecule has 0 radical (unpaired) electrons. The average molecular weight is 193 g/mol. The fourth-order valence-electron chi connectivity index (χ4n) is 2.69. The van der Waals surface area contributed by atoms with Crippen LogP contribution in [0.3, 0.4) is 0 Å². The van der Waals surface area contributed by atoms with E-state index in [0.717, 1.165) is 23.8 Å². The van der Waals surface area contributed by atoms with Gasteiger partial charge in [0.1, 0.15) is 0 Å². The first-order chi connectivity index (χ1) is 6.93. The third-order valence-corrected chi connectivity index (χ3v) is 4.13. The molecule has 0 aromatic rings. The Bertz CT molecular complexity index is 177. The Hall–Kier alpha value is -0.0400. The van der Waals surface area contributed by atoms with Crippen molar-refractivity contribution >= 4 is 0 Å². The van der Waals surface area contributed by atoms with E-state index in [1.165, 1.54) is 57.9 Å². The largest absolute Gasteiger partial charge is 0.313 e. The number of nitrogens with one attached hydrogen (secondary N) is 1. The van der Waals surface area contributed by atoms with Crippen LogP contribution in [0.1, 0.15) is 51.4 Å². The van der Waals surface area contributed by atoms with E-state index >= 15 is 0 Å². The zero-order chi connectivity index (χ0) is 9.38. The molecule has 0 amide bonds. The van der Waals surface area contributed by atoms with Gasteiger partial charge in [0.2, 0.25) is 0 Å². The van der Waals surface area contributed by atoms with E-state index in [1.807, 2.05) is 0 Å². The number of rotatable bonds is 7. The molecule has 0 spiro atoms. The minimum absolute atomic E-state index is 0.925. The monoisotopic (exact) mass is 193 g/mol. The van der Waals surface area contributed by atoms with Crippen molar-refractivity contribution in [1.29, 1.82) is 0 Å². The number of hydrogen-bond acceptors (Lipinski definition) is 1. The van der Waals surface area contributed by atoms with E-state index in [1.54, 1.807) is 0 Å². The maximum Gasteiger partial charge on any atom is 0.0124 e. The van der Waals surface area contributed by atoms with E-state index in [9.17, 15) is 0 Å². The molecule has 3 saturated carbocycles. The molecule has 3 aliphatic rings. The summed E-state index contributed by atoms with van der Waals surface area (Å²) in [6.45, 7) is 1.30. The molecule has 0 aromatic carbocycles. The summed E-state index contributed by atoms with van der Waals surface area (Å²) in [4.78, 5) is 0. The van der Waals surface area contributed by atoms with Crippen LogP contribution in [0.15, 0.2) is 0 Å². The van der Waals surface area contributed by atoms with Crippen LogP contribution in [-0.2, 0) is 0 Å². The Kier molecular flexibility index (Phi) is 2.53. The summed E-state index contributed by atoms with van der Waals surface area (Å²) in [6.07, 6.45) is 12.0. The fourth-order valence-corrected chi connectivity index (χ4v) is 2.69. The van der Waals surface area contributed by atoms with Crippen LogP contribution in [0.4, 0.5) is 0 Å². The first kappa shape index (κ1) is 9.21. The fraction of sp³-hybridized carbons (Fsp3) is 1.00. The summed E-state index contributed by atoms with van der Waals surface area (Å²) in [6, 6.07) is 0.925. The molecule has 3 fully saturated rings. The van der Waals surface area contributed by atoms with Gasteiger partial charge in [-0.3, -0.25) is 0 Å². The van der Waals surface area contributed by atoms with E-state index in [2.05, 4.69) is 5.32 Å². The molecule has 0 aliphatic heterocycles. The lowest BCUT2D eigenvalue weighted by Gasteiger charge is -2.17. The van der Waals surface area contributed by atoms with Crippen LogP contribution in [0.2, 0.25) is 0 Å². The predicted octanol–water partition coefficient (Wildman–Crippen LogP) is 2.95. The summed E-state index contributed by atoms with van der Waals surface area (Å²) in [5, 5.41) is 3.83. The van der Waals surface area contributed by atoms with Crippen LogP contribution in [0.5, 0.6) is 0 Å². The van der Waals surface area contributed by atoms with Gasteiger partial charge >= 0.3 is 0 Å². The summed E-state index contributed by atoms with van der Waals surface area (Å²) in [5.74, 6) is 3.27. The van der Waals surface area contributed by atoms with Crippen LogP contribution in [0.25, 0.3) is 0 Å². The quantitative estimate of drug-likeness (QED) is 0.613. The lowest BCUT2D eigenvalue weighted by molar-refractivity contribution is 0.409. The van der Waals surface area contributed by atoms with Gasteiger partial charge in [-0.1, -0.05) is 12.8 Å². The van der Waals surface area contributed by atoms with E-state index in [4.69, 9.17) is 0 Å². The lowest BCUT2D eigenvalue weighted by Crippen LogP contribution is -2.33. The van der Waals surface area contributed by atoms with Gasteiger partial charge in [0.25, 0.3) is 0 Å². The SMILES string of the molecule is C(CNC(C1CC1)C1CC1)CC1CC1. The zero-order valence-corrected chi connectivity index (χ0v) is 9.17. The highest BCUT2D eigenvalue weighted by Gasteiger charge is 2.40. The standard InChI is InChI=1S/C13H23N/c1(2-10-3-4-10)9-14-13(11-5-6-11)12-7-8-12/h10-14H,1-9H2. The average Bonchev–Trinajstić information content (AvgIpc) is 2.96. The van der Waals surface area contributed by atoms with Crippen molar-refractivity contribution in [2.45, 2.75) is 57.4 Å². The Morgan fingerprint density at radius 2 is 1.57 bits per heavy atom. The number of hydrogen-bond donors (Lipinski definition) is 1. The molecule has 0 heterocycles. The molecule has 1 heteroatoms. The Balaban J connectivity index is 1.32. The van der Waals surface area contributed by atoms with Gasteiger partial charge in [-0.2, -0.15) is 0 Å².